The van der Waals surface area contributed by atoms with Gasteiger partial charge in [-0.1, -0.05) is 37.8 Å². The molecule has 0 heterocycles. The minimum Gasteiger partial charge on any atom is -0.313 e. The van der Waals surface area contributed by atoms with E-state index in [9.17, 15) is 4.39 Å². The predicted octanol–water partition coefficient (Wildman–Crippen LogP) is 4.19. The van der Waals surface area contributed by atoms with Gasteiger partial charge in [-0.2, -0.15) is 0 Å². The first-order valence-electron chi connectivity index (χ1n) is 7.21. The molecule has 1 aromatic carbocycles. The average Bonchev–Trinajstić information content (AvgIpc) is 2.86. The van der Waals surface area contributed by atoms with Crippen LogP contribution in [0.3, 0.4) is 0 Å². The van der Waals surface area contributed by atoms with E-state index in [1.807, 2.05) is 12.1 Å². The molecule has 1 saturated carbocycles. The van der Waals surface area contributed by atoms with E-state index in [1.54, 1.807) is 13.0 Å². The maximum atomic E-state index is 13.3. The van der Waals surface area contributed by atoms with Gasteiger partial charge >= 0.3 is 0 Å². The molecule has 18 heavy (non-hydrogen) atoms. The lowest BCUT2D eigenvalue weighted by molar-refractivity contribution is 0.470. The van der Waals surface area contributed by atoms with E-state index in [1.165, 1.54) is 38.5 Å². The number of hydrogen-bond donors (Lipinski definition) is 1. The molecule has 1 aliphatic carbocycles. The number of hydrogen-bond acceptors (Lipinski definition) is 1. The third-order valence-corrected chi connectivity index (χ3v) is 4.01. The Morgan fingerprint density at radius 2 is 2.06 bits per heavy atom. The molecule has 0 unspecified atom stereocenters. The van der Waals surface area contributed by atoms with Crippen molar-refractivity contribution in [2.75, 3.05) is 6.54 Å². The first kappa shape index (κ1) is 13.5. The van der Waals surface area contributed by atoms with Crippen LogP contribution in [-0.4, -0.2) is 6.54 Å². The Kier molecular flexibility index (Phi) is 5.18. The molecule has 1 N–H and O–H groups in total. The van der Waals surface area contributed by atoms with Crippen molar-refractivity contribution in [1.29, 1.82) is 0 Å². The van der Waals surface area contributed by atoms with Crippen molar-refractivity contribution in [2.45, 2.75) is 52.0 Å². The monoisotopic (exact) mass is 249 g/mol. The highest BCUT2D eigenvalue weighted by atomic mass is 19.1. The van der Waals surface area contributed by atoms with Gasteiger partial charge in [0.1, 0.15) is 5.82 Å². The lowest BCUT2D eigenvalue weighted by atomic mass is 10.0. The van der Waals surface area contributed by atoms with E-state index in [0.717, 1.165) is 30.1 Å². The molecule has 100 valence electrons. The van der Waals surface area contributed by atoms with Crippen LogP contribution in [0.5, 0.6) is 0 Å². The Labute approximate surface area is 110 Å². The lowest BCUT2D eigenvalue weighted by Gasteiger charge is -2.09. The van der Waals surface area contributed by atoms with E-state index in [4.69, 9.17) is 0 Å². The van der Waals surface area contributed by atoms with E-state index >= 15 is 0 Å². The summed E-state index contributed by atoms with van der Waals surface area (Å²) in [6, 6.07) is 5.49. The van der Waals surface area contributed by atoms with E-state index in [2.05, 4.69) is 5.32 Å². The SMILES string of the molecule is Cc1ccc(CNCCCC2CCCC2)cc1F. The molecule has 0 bridgehead atoms. The van der Waals surface area contributed by atoms with Gasteiger partial charge in [-0.25, -0.2) is 4.39 Å². The minimum atomic E-state index is -0.0970. The molecular weight excluding hydrogens is 225 g/mol. The number of halogens is 1. The van der Waals surface area contributed by atoms with Gasteiger partial charge in [-0.3, -0.25) is 0 Å². The van der Waals surface area contributed by atoms with E-state index in [-0.39, 0.29) is 5.82 Å². The van der Waals surface area contributed by atoms with Crippen molar-refractivity contribution < 1.29 is 4.39 Å². The van der Waals surface area contributed by atoms with Crippen molar-refractivity contribution >= 4 is 0 Å². The summed E-state index contributed by atoms with van der Waals surface area (Å²) >= 11 is 0. The zero-order valence-electron chi connectivity index (χ0n) is 11.3. The summed E-state index contributed by atoms with van der Waals surface area (Å²) in [5.74, 6) is 0.879. The van der Waals surface area contributed by atoms with Crippen molar-refractivity contribution in [3.63, 3.8) is 0 Å². The largest absolute Gasteiger partial charge is 0.313 e. The maximum absolute atomic E-state index is 13.3. The first-order valence-corrected chi connectivity index (χ1v) is 7.21. The molecule has 1 fully saturated rings. The van der Waals surface area contributed by atoms with Crippen LogP contribution in [0.1, 0.15) is 49.7 Å². The van der Waals surface area contributed by atoms with Gasteiger partial charge in [0.15, 0.2) is 0 Å². The number of aryl methyl sites for hydroxylation is 1. The molecule has 0 saturated heterocycles. The standard InChI is InChI=1S/C16H24FN/c1-13-8-9-15(11-16(13)17)12-18-10-4-7-14-5-2-3-6-14/h8-9,11,14,18H,2-7,10,12H2,1H3. The summed E-state index contributed by atoms with van der Waals surface area (Å²) in [5, 5.41) is 3.41. The summed E-state index contributed by atoms with van der Waals surface area (Å²) in [7, 11) is 0. The Morgan fingerprint density at radius 1 is 1.28 bits per heavy atom. The second-order valence-electron chi connectivity index (χ2n) is 5.55. The molecule has 0 radical (unpaired) electrons. The summed E-state index contributed by atoms with van der Waals surface area (Å²) in [6.45, 7) is 3.63. The molecule has 2 rings (SSSR count). The Bertz CT molecular complexity index is 369. The molecule has 2 heteroatoms. The number of nitrogens with one attached hydrogen (secondary N) is 1. The van der Waals surface area contributed by atoms with Gasteiger partial charge in [-0.15, -0.1) is 0 Å². The van der Waals surface area contributed by atoms with Crippen molar-refractivity contribution in [3.8, 4) is 0 Å². The molecule has 0 amide bonds. The summed E-state index contributed by atoms with van der Waals surface area (Å²) in [5.41, 5.74) is 1.76. The van der Waals surface area contributed by atoms with Crippen molar-refractivity contribution in [1.82, 2.24) is 5.32 Å². The molecule has 0 aliphatic heterocycles. The van der Waals surface area contributed by atoms with Crippen LogP contribution in [0.2, 0.25) is 0 Å². The fourth-order valence-electron chi connectivity index (χ4n) is 2.79. The molecular formula is C16H24FN. The zero-order valence-corrected chi connectivity index (χ0v) is 11.3. The number of benzene rings is 1. The molecule has 1 nitrogen and oxygen atoms in total. The van der Waals surface area contributed by atoms with Crippen molar-refractivity contribution in [3.05, 3.63) is 35.1 Å². The molecule has 1 aliphatic rings. The normalized spacial score (nSPS) is 16.3. The highest BCUT2D eigenvalue weighted by molar-refractivity contribution is 5.23. The summed E-state index contributed by atoms with van der Waals surface area (Å²) in [6.07, 6.45) is 8.34. The van der Waals surface area contributed by atoms with Gasteiger partial charge < -0.3 is 5.32 Å². The summed E-state index contributed by atoms with van der Waals surface area (Å²) < 4.78 is 13.3. The quantitative estimate of drug-likeness (QED) is 0.745. The van der Waals surface area contributed by atoms with Crippen LogP contribution in [0, 0.1) is 18.7 Å². The highest BCUT2D eigenvalue weighted by Gasteiger charge is 2.13. The number of rotatable bonds is 6. The van der Waals surface area contributed by atoms with E-state index < -0.39 is 0 Å². The molecule has 1 aromatic rings. The predicted molar refractivity (Wildman–Crippen MR) is 74.0 cm³/mol. The molecule has 0 spiro atoms. The van der Waals surface area contributed by atoms with Crippen LogP contribution in [0.4, 0.5) is 4.39 Å². The third kappa shape index (κ3) is 4.09. The Balaban J connectivity index is 1.61. The summed E-state index contributed by atoms with van der Waals surface area (Å²) in [4.78, 5) is 0. The third-order valence-electron chi connectivity index (χ3n) is 4.01. The van der Waals surface area contributed by atoms with Gasteiger partial charge in [0.05, 0.1) is 0 Å². The second kappa shape index (κ2) is 6.89. The van der Waals surface area contributed by atoms with Crippen LogP contribution >= 0.6 is 0 Å². The fraction of sp³-hybridized carbons (Fsp3) is 0.625. The first-order chi connectivity index (χ1) is 8.75. The lowest BCUT2D eigenvalue weighted by Crippen LogP contribution is -2.15. The Hall–Kier alpha value is -0.890. The topological polar surface area (TPSA) is 12.0 Å². The van der Waals surface area contributed by atoms with Crippen LogP contribution in [0.25, 0.3) is 0 Å². The Morgan fingerprint density at radius 3 is 2.78 bits per heavy atom. The zero-order chi connectivity index (χ0) is 12.8. The fourth-order valence-corrected chi connectivity index (χ4v) is 2.79. The van der Waals surface area contributed by atoms with Gasteiger partial charge in [0.25, 0.3) is 0 Å². The van der Waals surface area contributed by atoms with Crippen molar-refractivity contribution in [2.24, 2.45) is 5.92 Å². The highest BCUT2D eigenvalue weighted by Crippen LogP contribution is 2.28. The van der Waals surface area contributed by atoms with E-state index in [0.29, 0.717) is 0 Å². The van der Waals surface area contributed by atoms with Gasteiger partial charge in [0.2, 0.25) is 0 Å². The smallest absolute Gasteiger partial charge is 0.126 e. The van der Waals surface area contributed by atoms with Crippen LogP contribution in [0.15, 0.2) is 18.2 Å². The minimum absolute atomic E-state index is 0.0970. The molecule has 0 aromatic heterocycles. The van der Waals surface area contributed by atoms with Gasteiger partial charge in [-0.05, 0) is 49.4 Å². The van der Waals surface area contributed by atoms with Crippen LogP contribution in [-0.2, 0) is 6.54 Å². The second-order valence-corrected chi connectivity index (χ2v) is 5.55. The van der Waals surface area contributed by atoms with Crippen LogP contribution < -0.4 is 5.32 Å². The van der Waals surface area contributed by atoms with Gasteiger partial charge in [0, 0.05) is 6.54 Å². The molecule has 0 atom stereocenters. The maximum Gasteiger partial charge on any atom is 0.126 e. The average molecular weight is 249 g/mol.